The molecular formula is C18H18N2O3. The largest absolute Gasteiger partial charge is 0.507 e. The van der Waals surface area contributed by atoms with Crippen molar-refractivity contribution >= 4 is 29.5 Å². The highest BCUT2D eigenvalue weighted by atomic mass is 16.3. The summed E-state index contributed by atoms with van der Waals surface area (Å²) in [5.74, 6) is -0.574. The first-order valence-electron chi connectivity index (χ1n) is 7.11. The number of aliphatic hydroxyl groups is 1. The summed E-state index contributed by atoms with van der Waals surface area (Å²) in [5, 5.41) is 15.7. The molecule has 118 valence electrons. The molecule has 5 heteroatoms. The summed E-state index contributed by atoms with van der Waals surface area (Å²) in [6.07, 6.45) is 0.533. The lowest BCUT2D eigenvalue weighted by atomic mass is 10.0. The van der Waals surface area contributed by atoms with Gasteiger partial charge in [0.05, 0.1) is 11.3 Å². The lowest BCUT2D eigenvalue weighted by Crippen LogP contribution is -2.14. The van der Waals surface area contributed by atoms with Crippen molar-refractivity contribution in [2.75, 3.05) is 10.6 Å². The summed E-state index contributed by atoms with van der Waals surface area (Å²) in [6.45, 7) is 3.33. The van der Waals surface area contributed by atoms with Crippen molar-refractivity contribution in [2.24, 2.45) is 0 Å². The number of benzene rings is 2. The molecule has 2 aromatic carbocycles. The number of carbonyl (C=O) groups is 2. The number of nitrogens with one attached hydrogen (secondary N) is 2. The quantitative estimate of drug-likeness (QED) is 0.449. The van der Waals surface area contributed by atoms with Crippen molar-refractivity contribution < 1.29 is 14.7 Å². The number of anilines is 2. The third-order valence-electron chi connectivity index (χ3n) is 3.45. The average Bonchev–Trinajstić information content (AvgIpc) is 2.55. The molecule has 0 aromatic heterocycles. The van der Waals surface area contributed by atoms with Gasteiger partial charge < -0.3 is 15.7 Å². The van der Waals surface area contributed by atoms with E-state index < -0.39 is 5.91 Å². The van der Waals surface area contributed by atoms with Gasteiger partial charge in [-0.25, -0.2) is 0 Å². The number of hydrogen-bond acceptors (Lipinski definition) is 3. The Bertz CT molecular complexity index is 752. The Hall–Kier alpha value is -3.08. The van der Waals surface area contributed by atoms with E-state index in [4.69, 9.17) is 0 Å². The second kappa shape index (κ2) is 7.26. The molecule has 0 spiro atoms. The van der Waals surface area contributed by atoms with Crippen molar-refractivity contribution in [1.82, 2.24) is 0 Å². The lowest BCUT2D eigenvalue weighted by molar-refractivity contribution is -0.112. The summed E-state index contributed by atoms with van der Waals surface area (Å²) < 4.78 is 0. The Morgan fingerprint density at radius 3 is 2.43 bits per heavy atom. The maximum absolute atomic E-state index is 12.3. The van der Waals surface area contributed by atoms with Crippen LogP contribution in [0.15, 0.2) is 54.1 Å². The summed E-state index contributed by atoms with van der Waals surface area (Å²) in [4.78, 5) is 23.0. The van der Waals surface area contributed by atoms with Crippen LogP contribution in [0.4, 0.5) is 11.4 Å². The fourth-order valence-electron chi connectivity index (χ4n) is 2.21. The number of rotatable bonds is 5. The molecule has 0 heterocycles. The van der Waals surface area contributed by atoms with Crippen molar-refractivity contribution in [3.8, 4) is 0 Å². The van der Waals surface area contributed by atoms with Crippen LogP contribution in [0.1, 0.15) is 18.1 Å². The van der Waals surface area contributed by atoms with E-state index >= 15 is 0 Å². The molecule has 0 bridgehead atoms. The fourth-order valence-corrected chi connectivity index (χ4v) is 2.21. The smallest absolute Gasteiger partial charge is 0.255 e. The predicted octanol–water partition coefficient (Wildman–Crippen LogP) is 3.49. The second-order valence-electron chi connectivity index (χ2n) is 5.05. The molecule has 2 amide bonds. The first kappa shape index (κ1) is 16.3. The number of hydrogen-bond donors (Lipinski definition) is 3. The van der Waals surface area contributed by atoms with Crippen molar-refractivity contribution in [1.29, 1.82) is 0 Å². The summed E-state index contributed by atoms with van der Waals surface area (Å²) in [6, 6.07) is 14.2. The number of aryl methyl sites for hydroxylation is 1. The van der Waals surface area contributed by atoms with Crippen molar-refractivity contribution in [2.45, 2.75) is 13.8 Å². The van der Waals surface area contributed by atoms with Gasteiger partial charge in [0.25, 0.3) is 5.91 Å². The average molecular weight is 310 g/mol. The van der Waals surface area contributed by atoms with Crippen LogP contribution < -0.4 is 10.6 Å². The van der Waals surface area contributed by atoms with Crippen LogP contribution in [0, 0.1) is 6.92 Å². The molecule has 0 unspecified atom stereocenters. The molecule has 2 rings (SSSR count). The van der Waals surface area contributed by atoms with Crippen LogP contribution in [0.3, 0.4) is 0 Å². The zero-order valence-electron chi connectivity index (χ0n) is 13.0. The normalized spacial score (nSPS) is 11.4. The number of amides is 2. The lowest BCUT2D eigenvalue weighted by Gasteiger charge is -2.13. The minimum Gasteiger partial charge on any atom is -0.507 e. The summed E-state index contributed by atoms with van der Waals surface area (Å²) in [7, 11) is 0. The third-order valence-corrected chi connectivity index (χ3v) is 3.45. The molecular weight excluding hydrogens is 292 g/mol. The van der Waals surface area contributed by atoms with Gasteiger partial charge in [-0.15, -0.1) is 0 Å². The Balaban J connectivity index is 2.37. The van der Waals surface area contributed by atoms with Gasteiger partial charge in [0, 0.05) is 11.3 Å². The van der Waals surface area contributed by atoms with Gasteiger partial charge >= 0.3 is 0 Å². The first-order valence-corrected chi connectivity index (χ1v) is 7.11. The van der Waals surface area contributed by atoms with Crippen LogP contribution in [0.2, 0.25) is 0 Å². The maximum Gasteiger partial charge on any atom is 0.255 e. The van der Waals surface area contributed by atoms with Crippen LogP contribution in [0.25, 0.3) is 5.76 Å². The van der Waals surface area contributed by atoms with E-state index in [0.717, 1.165) is 5.56 Å². The van der Waals surface area contributed by atoms with Gasteiger partial charge in [0.15, 0.2) is 0 Å². The zero-order valence-corrected chi connectivity index (χ0v) is 13.0. The van der Waals surface area contributed by atoms with Crippen LogP contribution >= 0.6 is 0 Å². The van der Waals surface area contributed by atoms with Crippen LogP contribution in [-0.4, -0.2) is 17.4 Å². The third kappa shape index (κ3) is 3.77. The Kier molecular flexibility index (Phi) is 5.15. The molecule has 5 nitrogen and oxygen atoms in total. The fraction of sp³-hybridized carbons (Fsp3) is 0.111. The topological polar surface area (TPSA) is 78.4 Å². The van der Waals surface area contributed by atoms with E-state index in [1.165, 1.54) is 6.92 Å². The summed E-state index contributed by atoms with van der Waals surface area (Å²) in [5.41, 5.74) is 2.43. The maximum atomic E-state index is 12.3. The molecule has 0 aliphatic heterocycles. The number of carbonyl (C=O) groups excluding carboxylic acids is 2. The van der Waals surface area contributed by atoms with Crippen molar-refractivity contribution in [3.05, 3.63) is 65.2 Å². The Labute approximate surface area is 134 Å². The molecule has 23 heavy (non-hydrogen) atoms. The van der Waals surface area contributed by atoms with Crippen molar-refractivity contribution in [3.63, 3.8) is 0 Å². The first-order chi connectivity index (χ1) is 11.0. The number of aliphatic hydroxyl groups excluding tert-OH is 1. The highest BCUT2D eigenvalue weighted by molar-refractivity contribution is 6.08. The van der Waals surface area contributed by atoms with E-state index in [0.29, 0.717) is 23.3 Å². The molecule has 2 aromatic rings. The molecule has 0 saturated heterocycles. The Morgan fingerprint density at radius 2 is 1.78 bits per heavy atom. The van der Waals surface area contributed by atoms with Gasteiger partial charge in [0.2, 0.25) is 6.41 Å². The standard InChI is InChI=1S/C18H18N2O3/c1-12-7-6-10-15(19-11-21)16(12)17(22)13(2)18(23)20-14-8-4-3-5-9-14/h3-11,22H,1-2H3,(H,19,21)(H,20,23)/b17-13-. The molecule has 0 atom stereocenters. The minimum absolute atomic E-state index is 0.164. The Morgan fingerprint density at radius 1 is 1.09 bits per heavy atom. The molecule has 0 aliphatic carbocycles. The monoisotopic (exact) mass is 310 g/mol. The van der Waals surface area contributed by atoms with Crippen LogP contribution in [0.5, 0.6) is 0 Å². The minimum atomic E-state index is -0.408. The highest BCUT2D eigenvalue weighted by Crippen LogP contribution is 2.28. The van der Waals surface area contributed by atoms with Gasteiger partial charge in [-0.2, -0.15) is 0 Å². The molecule has 0 fully saturated rings. The zero-order chi connectivity index (χ0) is 16.8. The van der Waals surface area contributed by atoms with Crippen LogP contribution in [-0.2, 0) is 9.59 Å². The van der Waals surface area contributed by atoms with Gasteiger partial charge in [-0.1, -0.05) is 30.3 Å². The molecule has 0 radical (unpaired) electrons. The van der Waals surface area contributed by atoms with Gasteiger partial charge in [0.1, 0.15) is 5.76 Å². The number of para-hydroxylation sites is 1. The van der Waals surface area contributed by atoms with E-state index in [1.807, 2.05) is 18.2 Å². The van der Waals surface area contributed by atoms with Gasteiger partial charge in [-0.3, -0.25) is 9.59 Å². The highest BCUT2D eigenvalue weighted by Gasteiger charge is 2.16. The van der Waals surface area contributed by atoms with E-state index in [1.54, 1.807) is 37.3 Å². The van der Waals surface area contributed by atoms with E-state index in [-0.39, 0.29) is 11.3 Å². The van der Waals surface area contributed by atoms with E-state index in [2.05, 4.69) is 10.6 Å². The molecule has 0 aliphatic rings. The molecule has 3 N–H and O–H groups in total. The van der Waals surface area contributed by atoms with Gasteiger partial charge in [-0.05, 0) is 37.6 Å². The molecule has 0 saturated carbocycles. The second-order valence-corrected chi connectivity index (χ2v) is 5.05. The predicted molar refractivity (Wildman–Crippen MR) is 91.2 cm³/mol. The van der Waals surface area contributed by atoms with E-state index in [9.17, 15) is 14.7 Å². The summed E-state index contributed by atoms with van der Waals surface area (Å²) >= 11 is 0. The SMILES string of the molecule is C/C(C(=O)Nc1ccccc1)=C(/O)c1c(C)cccc1NC=O.